The molecule has 0 unspecified atom stereocenters. The zero-order chi connectivity index (χ0) is 13.7. The van der Waals surface area contributed by atoms with Gasteiger partial charge in [0.25, 0.3) is 0 Å². The van der Waals surface area contributed by atoms with E-state index in [1.165, 1.54) is 12.1 Å². The molecule has 100 valence electrons. The quantitative estimate of drug-likeness (QED) is 0.602. The Hall–Kier alpha value is -1.62. The van der Waals surface area contributed by atoms with Crippen LogP contribution in [0.1, 0.15) is 19.4 Å². The SMILES string of the molecule is CC(C)OCCN(C)c1ccc(F)cc1C(=N)N. The van der Waals surface area contributed by atoms with E-state index >= 15 is 0 Å². The van der Waals surface area contributed by atoms with E-state index in [4.69, 9.17) is 15.9 Å². The van der Waals surface area contributed by atoms with Crippen molar-refractivity contribution in [2.24, 2.45) is 5.73 Å². The Kier molecular flexibility index (Phi) is 5.09. The van der Waals surface area contributed by atoms with Gasteiger partial charge in [-0.1, -0.05) is 0 Å². The molecule has 0 spiro atoms. The number of benzene rings is 1. The van der Waals surface area contributed by atoms with Gasteiger partial charge in [0.05, 0.1) is 12.7 Å². The Morgan fingerprint density at radius 3 is 2.72 bits per heavy atom. The lowest BCUT2D eigenvalue weighted by molar-refractivity contribution is 0.0846. The summed E-state index contributed by atoms with van der Waals surface area (Å²) >= 11 is 0. The van der Waals surface area contributed by atoms with Crippen molar-refractivity contribution in [3.63, 3.8) is 0 Å². The number of ether oxygens (including phenoxy) is 1. The Balaban J connectivity index is 2.78. The molecule has 18 heavy (non-hydrogen) atoms. The van der Waals surface area contributed by atoms with E-state index in [1.807, 2.05) is 25.8 Å². The van der Waals surface area contributed by atoms with E-state index in [9.17, 15) is 4.39 Å². The first-order chi connectivity index (χ1) is 8.41. The monoisotopic (exact) mass is 253 g/mol. The van der Waals surface area contributed by atoms with Crippen LogP contribution in [-0.2, 0) is 4.74 Å². The molecule has 0 heterocycles. The number of likely N-dealkylation sites (N-methyl/N-ethyl adjacent to an activating group) is 1. The zero-order valence-electron chi connectivity index (χ0n) is 11.0. The third kappa shape index (κ3) is 4.00. The number of nitrogens with zero attached hydrogens (tertiary/aromatic N) is 1. The normalized spacial score (nSPS) is 10.7. The van der Waals surface area contributed by atoms with Crippen LogP contribution in [0.2, 0.25) is 0 Å². The number of halogens is 1. The van der Waals surface area contributed by atoms with Crippen molar-refractivity contribution in [3.8, 4) is 0 Å². The second-order valence-electron chi connectivity index (χ2n) is 4.42. The molecule has 0 aromatic heterocycles. The van der Waals surface area contributed by atoms with Gasteiger partial charge in [-0.25, -0.2) is 4.39 Å². The summed E-state index contributed by atoms with van der Waals surface area (Å²) in [6, 6.07) is 4.26. The van der Waals surface area contributed by atoms with E-state index in [1.54, 1.807) is 6.07 Å². The van der Waals surface area contributed by atoms with Crippen LogP contribution in [-0.4, -0.2) is 32.1 Å². The summed E-state index contributed by atoms with van der Waals surface area (Å²) in [6.45, 7) is 5.17. The first-order valence-electron chi connectivity index (χ1n) is 5.88. The number of nitrogen functional groups attached to an aromatic ring is 1. The Morgan fingerprint density at radius 1 is 1.50 bits per heavy atom. The predicted octanol–water partition coefficient (Wildman–Crippen LogP) is 1.97. The van der Waals surface area contributed by atoms with Crippen molar-refractivity contribution in [3.05, 3.63) is 29.6 Å². The van der Waals surface area contributed by atoms with Crippen LogP contribution in [0.15, 0.2) is 18.2 Å². The van der Waals surface area contributed by atoms with Gasteiger partial charge in [0, 0.05) is 24.8 Å². The molecule has 5 heteroatoms. The Bertz CT molecular complexity index is 421. The lowest BCUT2D eigenvalue weighted by Gasteiger charge is -2.22. The van der Waals surface area contributed by atoms with Gasteiger partial charge in [0.2, 0.25) is 0 Å². The highest BCUT2D eigenvalue weighted by atomic mass is 19.1. The molecule has 0 bridgehead atoms. The standard InChI is InChI=1S/C13H20FN3O/c1-9(2)18-7-6-17(3)12-5-4-10(14)8-11(12)13(15)16/h4-5,8-9H,6-7H2,1-3H3,(H3,15,16). The first kappa shape index (κ1) is 14.4. The molecule has 0 aliphatic rings. The second kappa shape index (κ2) is 6.35. The van der Waals surface area contributed by atoms with Gasteiger partial charge >= 0.3 is 0 Å². The van der Waals surface area contributed by atoms with Crippen LogP contribution < -0.4 is 10.6 Å². The predicted molar refractivity (Wildman–Crippen MR) is 71.8 cm³/mol. The van der Waals surface area contributed by atoms with Gasteiger partial charge in [-0.2, -0.15) is 0 Å². The van der Waals surface area contributed by atoms with E-state index in [2.05, 4.69) is 0 Å². The van der Waals surface area contributed by atoms with Crippen molar-refractivity contribution < 1.29 is 9.13 Å². The molecule has 0 aliphatic carbocycles. The number of rotatable bonds is 6. The van der Waals surface area contributed by atoms with E-state index < -0.39 is 5.82 Å². The van der Waals surface area contributed by atoms with Crippen LogP contribution in [0.25, 0.3) is 0 Å². The van der Waals surface area contributed by atoms with Gasteiger partial charge in [-0.05, 0) is 32.0 Å². The number of anilines is 1. The van der Waals surface area contributed by atoms with Gasteiger partial charge in [0.15, 0.2) is 0 Å². The molecule has 0 saturated heterocycles. The maximum absolute atomic E-state index is 13.1. The number of amidine groups is 1. The van der Waals surface area contributed by atoms with E-state index in [0.717, 1.165) is 5.69 Å². The lowest BCUT2D eigenvalue weighted by atomic mass is 10.1. The fourth-order valence-electron chi connectivity index (χ4n) is 1.60. The Labute approximate surface area is 107 Å². The lowest BCUT2D eigenvalue weighted by Crippen LogP contribution is -2.27. The molecule has 0 aliphatic heterocycles. The molecule has 4 nitrogen and oxygen atoms in total. The van der Waals surface area contributed by atoms with E-state index in [0.29, 0.717) is 18.7 Å². The molecule has 0 radical (unpaired) electrons. The minimum atomic E-state index is -0.393. The van der Waals surface area contributed by atoms with Crippen molar-refractivity contribution in [2.75, 3.05) is 25.1 Å². The topological polar surface area (TPSA) is 62.3 Å². The van der Waals surface area contributed by atoms with E-state index in [-0.39, 0.29) is 11.9 Å². The van der Waals surface area contributed by atoms with Crippen LogP contribution in [0.4, 0.5) is 10.1 Å². The van der Waals surface area contributed by atoms with Crippen LogP contribution >= 0.6 is 0 Å². The van der Waals surface area contributed by atoms with Crippen LogP contribution in [0.5, 0.6) is 0 Å². The van der Waals surface area contributed by atoms with Crippen LogP contribution in [0, 0.1) is 11.2 Å². The van der Waals surface area contributed by atoms with Crippen LogP contribution in [0.3, 0.4) is 0 Å². The largest absolute Gasteiger partial charge is 0.384 e. The highest BCUT2D eigenvalue weighted by molar-refractivity contribution is 6.00. The number of nitrogens with two attached hydrogens (primary N) is 1. The minimum absolute atomic E-state index is 0.138. The van der Waals surface area contributed by atoms with Gasteiger partial charge in [0.1, 0.15) is 11.7 Å². The average Bonchev–Trinajstić information content (AvgIpc) is 2.28. The molecule has 1 aromatic carbocycles. The summed E-state index contributed by atoms with van der Waals surface area (Å²) in [4.78, 5) is 1.90. The Morgan fingerprint density at radius 2 is 2.17 bits per heavy atom. The molecule has 1 aromatic rings. The van der Waals surface area contributed by atoms with Gasteiger partial charge in [-0.15, -0.1) is 0 Å². The maximum atomic E-state index is 13.1. The first-order valence-corrected chi connectivity index (χ1v) is 5.88. The zero-order valence-corrected chi connectivity index (χ0v) is 11.0. The van der Waals surface area contributed by atoms with Crippen molar-refractivity contribution >= 4 is 11.5 Å². The molecular weight excluding hydrogens is 233 g/mol. The summed E-state index contributed by atoms with van der Waals surface area (Å²) in [5, 5.41) is 7.46. The summed E-state index contributed by atoms with van der Waals surface area (Å²) < 4.78 is 18.6. The fourth-order valence-corrected chi connectivity index (χ4v) is 1.60. The molecule has 0 saturated carbocycles. The molecule has 1 rings (SSSR count). The third-order valence-corrected chi connectivity index (χ3v) is 2.54. The summed E-state index contributed by atoms with van der Waals surface area (Å²) in [7, 11) is 1.86. The van der Waals surface area contributed by atoms with Gasteiger partial charge < -0.3 is 15.4 Å². The van der Waals surface area contributed by atoms with Crippen molar-refractivity contribution in [2.45, 2.75) is 20.0 Å². The van der Waals surface area contributed by atoms with Crippen molar-refractivity contribution in [1.82, 2.24) is 0 Å². The molecule has 0 fully saturated rings. The average molecular weight is 253 g/mol. The fraction of sp³-hybridized carbons (Fsp3) is 0.462. The van der Waals surface area contributed by atoms with Gasteiger partial charge in [-0.3, -0.25) is 5.41 Å². The smallest absolute Gasteiger partial charge is 0.125 e. The second-order valence-corrected chi connectivity index (χ2v) is 4.42. The molecule has 0 amide bonds. The molecular formula is C13H20FN3O. The number of hydrogen-bond acceptors (Lipinski definition) is 3. The summed E-state index contributed by atoms with van der Waals surface area (Å²) in [5.41, 5.74) is 6.59. The summed E-state index contributed by atoms with van der Waals surface area (Å²) in [5.74, 6) is -0.531. The number of nitrogens with one attached hydrogen (secondary N) is 1. The molecule has 3 N–H and O–H groups in total. The highest BCUT2D eigenvalue weighted by Gasteiger charge is 2.11. The maximum Gasteiger partial charge on any atom is 0.125 e. The van der Waals surface area contributed by atoms with Crippen molar-refractivity contribution in [1.29, 1.82) is 5.41 Å². The summed E-state index contributed by atoms with van der Waals surface area (Å²) in [6.07, 6.45) is 0.180. The third-order valence-electron chi connectivity index (χ3n) is 2.54. The molecule has 0 atom stereocenters. The number of hydrogen-bond donors (Lipinski definition) is 2. The minimum Gasteiger partial charge on any atom is -0.384 e. The highest BCUT2D eigenvalue weighted by Crippen LogP contribution is 2.20.